The van der Waals surface area contributed by atoms with Crippen molar-refractivity contribution in [2.45, 2.75) is 13.8 Å². The summed E-state index contributed by atoms with van der Waals surface area (Å²) in [6.45, 7) is 11.2. The minimum atomic E-state index is -0.942. The molecule has 0 aliphatic heterocycles. The van der Waals surface area contributed by atoms with E-state index in [4.69, 9.17) is 5.11 Å². The lowest BCUT2D eigenvalue weighted by Gasteiger charge is -2.05. The van der Waals surface area contributed by atoms with Crippen LogP contribution < -0.4 is 0 Å². The van der Waals surface area contributed by atoms with Gasteiger partial charge < -0.3 is 5.11 Å². The zero-order valence-electron chi connectivity index (χ0n) is 10.3. The minimum absolute atomic E-state index is 0.269. The molecule has 0 aliphatic carbocycles. The van der Waals surface area contributed by atoms with Crippen molar-refractivity contribution in [1.82, 2.24) is 0 Å². The fourth-order valence-corrected chi connectivity index (χ4v) is 1.32. The molecule has 90 valence electrons. The molecule has 1 N–H and O–H groups in total. The molecule has 1 aromatic carbocycles. The minimum Gasteiger partial charge on any atom is -0.478 e. The summed E-state index contributed by atoms with van der Waals surface area (Å²) in [7, 11) is 0. The molecule has 1 rings (SSSR count). The molecule has 2 nitrogen and oxygen atoms in total. The van der Waals surface area contributed by atoms with Crippen LogP contribution >= 0.6 is 0 Å². The third-order valence-corrected chi connectivity index (χ3v) is 1.99. The molecular weight excluding hydrogens is 212 g/mol. The van der Waals surface area contributed by atoms with Crippen LogP contribution in [0.3, 0.4) is 0 Å². The van der Waals surface area contributed by atoms with E-state index in [0.29, 0.717) is 5.56 Å². The molecule has 0 heterocycles. The van der Waals surface area contributed by atoms with Crippen molar-refractivity contribution >= 4 is 11.5 Å². The molecule has 0 spiro atoms. The first-order valence-electron chi connectivity index (χ1n) is 5.48. The predicted octanol–water partition coefficient (Wildman–Crippen LogP) is 4.17. The molecule has 0 atom stereocenters. The van der Waals surface area contributed by atoms with Crippen LogP contribution in [0.25, 0.3) is 5.57 Å². The third-order valence-electron chi connectivity index (χ3n) is 1.99. The second-order valence-corrected chi connectivity index (χ2v) is 2.91. The Bertz CT molecular complexity index is 428. The first kappa shape index (κ1) is 14.9. The number of carbonyl (C=O) groups is 1. The van der Waals surface area contributed by atoms with Gasteiger partial charge in [0.15, 0.2) is 0 Å². The normalized spacial score (nSPS) is 9.88. The predicted molar refractivity (Wildman–Crippen MR) is 73.1 cm³/mol. The summed E-state index contributed by atoms with van der Waals surface area (Å²) >= 11 is 0. The molecule has 0 unspecified atom stereocenters. The van der Waals surface area contributed by atoms with E-state index in [9.17, 15) is 4.79 Å². The summed E-state index contributed by atoms with van der Waals surface area (Å²) in [5, 5.41) is 8.99. The Morgan fingerprint density at radius 2 is 1.71 bits per heavy atom. The van der Waals surface area contributed by atoms with Crippen LogP contribution in [0.1, 0.15) is 29.8 Å². The average molecular weight is 230 g/mol. The Labute approximate surface area is 103 Å². The van der Waals surface area contributed by atoms with Crippen molar-refractivity contribution < 1.29 is 9.90 Å². The first-order chi connectivity index (χ1) is 8.20. The van der Waals surface area contributed by atoms with Crippen molar-refractivity contribution in [3.05, 3.63) is 66.8 Å². The van der Waals surface area contributed by atoms with Gasteiger partial charge in [-0.05, 0) is 17.2 Å². The van der Waals surface area contributed by atoms with E-state index in [1.165, 1.54) is 0 Å². The van der Waals surface area contributed by atoms with Crippen LogP contribution in [0.4, 0.5) is 0 Å². The molecule has 0 saturated carbocycles. The monoisotopic (exact) mass is 230 g/mol. The fourth-order valence-electron chi connectivity index (χ4n) is 1.32. The largest absolute Gasteiger partial charge is 0.478 e. The van der Waals surface area contributed by atoms with Gasteiger partial charge in [-0.3, -0.25) is 0 Å². The quantitative estimate of drug-likeness (QED) is 0.788. The lowest BCUT2D eigenvalue weighted by Crippen LogP contribution is -2.00. The summed E-state index contributed by atoms with van der Waals surface area (Å²) in [6.07, 6.45) is 4.95. The van der Waals surface area contributed by atoms with Crippen LogP contribution in [0.15, 0.2) is 55.7 Å². The van der Waals surface area contributed by atoms with Crippen molar-refractivity contribution in [3.63, 3.8) is 0 Å². The molecule has 0 aliphatic rings. The third kappa shape index (κ3) is 4.11. The van der Waals surface area contributed by atoms with Gasteiger partial charge in [0.25, 0.3) is 0 Å². The number of carboxylic acids is 1. The topological polar surface area (TPSA) is 37.3 Å². The van der Waals surface area contributed by atoms with Crippen LogP contribution in [0, 0.1) is 0 Å². The smallest absolute Gasteiger partial charge is 0.336 e. The zero-order valence-corrected chi connectivity index (χ0v) is 10.3. The van der Waals surface area contributed by atoms with Gasteiger partial charge in [0, 0.05) is 0 Å². The second kappa shape index (κ2) is 8.11. The lowest BCUT2D eigenvalue weighted by molar-refractivity contribution is 0.0696. The maximum atomic E-state index is 11.0. The number of aromatic carboxylic acids is 1. The molecule has 0 amide bonds. The highest BCUT2D eigenvalue weighted by molar-refractivity contribution is 5.95. The van der Waals surface area contributed by atoms with Crippen molar-refractivity contribution in [3.8, 4) is 0 Å². The van der Waals surface area contributed by atoms with Gasteiger partial charge in [-0.1, -0.05) is 63.4 Å². The highest BCUT2D eigenvalue weighted by atomic mass is 16.4. The van der Waals surface area contributed by atoms with Gasteiger partial charge >= 0.3 is 5.97 Å². The summed E-state index contributed by atoms with van der Waals surface area (Å²) in [5.41, 5.74) is 1.67. The van der Waals surface area contributed by atoms with Crippen LogP contribution in [-0.4, -0.2) is 11.1 Å². The van der Waals surface area contributed by atoms with Gasteiger partial charge in [0.2, 0.25) is 0 Å². The Hall–Kier alpha value is -2.09. The number of allylic oxidation sites excluding steroid dienone is 4. The van der Waals surface area contributed by atoms with Gasteiger partial charge in [-0.25, -0.2) is 4.79 Å². The van der Waals surface area contributed by atoms with Gasteiger partial charge in [-0.15, -0.1) is 0 Å². The van der Waals surface area contributed by atoms with Gasteiger partial charge in [0.1, 0.15) is 0 Å². The highest BCUT2D eigenvalue weighted by Crippen LogP contribution is 2.20. The Kier molecular flexibility index (Phi) is 7.11. The molecule has 0 fully saturated rings. The zero-order chi connectivity index (χ0) is 13.3. The molecule has 0 aromatic heterocycles. The van der Waals surface area contributed by atoms with E-state index >= 15 is 0 Å². The van der Waals surface area contributed by atoms with E-state index in [-0.39, 0.29) is 5.56 Å². The van der Waals surface area contributed by atoms with E-state index in [2.05, 4.69) is 13.2 Å². The van der Waals surface area contributed by atoms with Crippen LogP contribution in [0.2, 0.25) is 0 Å². The number of carboxylic acid groups (broad SMARTS) is 1. The summed E-state index contributed by atoms with van der Waals surface area (Å²) < 4.78 is 0. The number of hydrogen-bond donors (Lipinski definition) is 1. The number of benzene rings is 1. The van der Waals surface area contributed by atoms with E-state index < -0.39 is 5.97 Å². The van der Waals surface area contributed by atoms with Crippen LogP contribution in [0.5, 0.6) is 0 Å². The number of rotatable bonds is 4. The van der Waals surface area contributed by atoms with E-state index in [0.717, 1.165) is 5.57 Å². The second-order valence-electron chi connectivity index (χ2n) is 2.91. The molecule has 17 heavy (non-hydrogen) atoms. The maximum Gasteiger partial charge on any atom is 0.336 e. The van der Waals surface area contributed by atoms with Crippen molar-refractivity contribution in [2.75, 3.05) is 0 Å². The average Bonchev–Trinajstić information content (AvgIpc) is 2.38. The van der Waals surface area contributed by atoms with Crippen molar-refractivity contribution in [2.24, 2.45) is 0 Å². The Balaban J connectivity index is 0.00000121. The Morgan fingerprint density at radius 1 is 1.18 bits per heavy atom. The summed E-state index contributed by atoms with van der Waals surface area (Å²) in [6, 6.07) is 6.81. The summed E-state index contributed by atoms with van der Waals surface area (Å²) in [5.74, 6) is -0.942. The lowest BCUT2D eigenvalue weighted by atomic mass is 9.99. The van der Waals surface area contributed by atoms with Crippen molar-refractivity contribution in [1.29, 1.82) is 0 Å². The highest BCUT2D eigenvalue weighted by Gasteiger charge is 2.09. The Morgan fingerprint density at radius 3 is 2.12 bits per heavy atom. The molecule has 0 radical (unpaired) electrons. The molecule has 0 saturated heterocycles. The fraction of sp³-hybridized carbons (Fsp3) is 0.133. The van der Waals surface area contributed by atoms with E-state index in [1.54, 1.807) is 42.5 Å². The number of hydrogen-bond acceptors (Lipinski definition) is 1. The van der Waals surface area contributed by atoms with Gasteiger partial charge in [0.05, 0.1) is 5.56 Å². The molecule has 1 aromatic rings. The molecular formula is C15H18O2. The van der Waals surface area contributed by atoms with Crippen LogP contribution in [-0.2, 0) is 0 Å². The SMILES string of the molecule is C=C/C=C(\C=C)c1ccccc1C(=O)O.CC. The standard InChI is InChI=1S/C13H12O2.C2H6/c1-3-7-10(4-2)11-8-5-6-9-12(11)13(14)15;1-2/h3-9H,1-2H2,(H,14,15);1-2H3/b10-7+;. The molecule has 2 heteroatoms. The summed E-state index contributed by atoms with van der Waals surface area (Å²) in [4.78, 5) is 11.0. The molecule has 0 bridgehead atoms. The first-order valence-corrected chi connectivity index (χ1v) is 5.48. The maximum absolute atomic E-state index is 11.0. The van der Waals surface area contributed by atoms with Gasteiger partial charge in [-0.2, -0.15) is 0 Å². The van der Waals surface area contributed by atoms with E-state index in [1.807, 2.05) is 13.8 Å².